The maximum Gasteiger partial charge on any atom is 0.142 e. The highest BCUT2D eigenvalue weighted by molar-refractivity contribution is 5.58. The Morgan fingerprint density at radius 3 is 2.52 bits per heavy atom. The zero-order valence-electron chi connectivity index (χ0n) is 17.7. The van der Waals surface area contributed by atoms with Crippen LogP contribution < -0.4 is 14.4 Å². The molecule has 0 bridgehead atoms. The first-order chi connectivity index (χ1) is 14.3. The molecule has 0 radical (unpaired) electrons. The fraction of sp³-hybridized carbons (Fsp3) is 0.500. The Kier molecular flexibility index (Phi) is 6.57. The lowest BCUT2D eigenvalue weighted by Gasteiger charge is -2.44. The van der Waals surface area contributed by atoms with Gasteiger partial charge in [-0.3, -0.25) is 9.80 Å². The third kappa shape index (κ3) is 4.85. The van der Waals surface area contributed by atoms with E-state index in [9.17, 15) is 0 Å². The lowest BCUT2D eigenvalue weighted by atomic mass is 10.0. The second-order valence-electron chi connectivity index (χ2n) is 8.08. The monoisotopic (exact) mass is 395 g/mol. The van der Waals surface area contributed by atoms with Gasteiger partial charge in [-0.05, 0) is 49.2 Å². The van der Waals surface area contributed by atoms with Crippen LogP contribution in [0, 0.1) is 0 Å². The molecule has 4 rings (SSSR count). The van der Waals surface area contributed by atoms with Crippen molar-refractivity contribution in [1.82, 2.24) is 9.80 Å². The number of benzene rings is 2. The summed E-state index contributed by atoms with van der Waals surface area (Å²) < 4.78 is 10.9. The molecule has 2 aliphatic rings. The van der Waals surface area contributed by atoms with E-state index in [1.54, 1.807) is 14.2 Å². The summed E-state index contributed by atoms with van der Waals surface area (Å²) in [5, 5.41) is 0. The molecule has 0 unspecified atom stereocenters. The van der Waals surface area contributed by atoms with E-state index < -0.39 is 0 Å². The van der Waals surface area contributed by atoms with Crippen LogP contribution in [0.3, 0.4) is 0 Å². The maximum atomic E-state index is 5.56. The van der Waals surface area contributed by atoms with Crippen LogP contribution in [-0.4, -0.2) is 69.3 Å². The van der Waals surface area contributed by atoms with E-state index in [-0.39, 0.29) is 0 Å². The van der Waals surface area contributed by atoms with Crippen molar-refractivity contribution in [2.75, 3.05) is 58.4 Å². The van der Waals surface area contributed by atoms with Crippen LogP contribution in [0.1, 0.15) is 18.4 Å². The number of piperazine rings is 1. The molecule has 0 aliphatic carbocycles. The minimum absolute atomic E-state index is 0.661. The fourth-order valence-electron chi connectivity index (χ4n) is 4.72. The SMILES string of the molecule is COc1cccc(CN2CCC[C@@H](N3CCN(c4ccccc4OC)CC3)C2)c1. The number of hydrogen-bond donors (Lipinski definition) is 0. The highest BCUT2D eigenvalue weighted by atomic mass is 16.5. The molecular weight excluding hydrogens is 362 g/mol. The second-order valence-corrected chi connectivity index (χ2v) is 8.08. The average Bonchev–Trinajstić information content (AvgIpc) is 2.79. The van der Waals surface area contributed by atoms with Crippen molar-refractivity contribution in [2.45, 2.75) is 25.4 Å². The standard InChI is InChI=1S/C24H33N3O2/c1-28-22-9-5-7-20(17-22)18-25-12-6-8-21(19-25)26-13-15-27(16-14-26)23-10-3-4-11-24(23)29-2/h3-5,7,9-11,17,21H,6,8,12-16,18-19H2,1-2H3/t21-/m1/s1. The number of ether oxygens (including phenoxy) is 2. The van der Waals surface area contributed by atoms with Gasteiger partial charge in [-0.15, -0.1) is 0 Å². The van der Waals surface area contributed by atoms with Gasteiger partial charge in [0.25, 0.3) is 0 Å². The third-order valence-corrected chi connectivity index (χ3v) is 6.28. The minimum atomic E-state index is 0.661. The summed E-state index contributed by atoms with van der Waals surface area (Å²) in [6.07, 6.45) is 2.59. The van der Waals surface area contributed by atoms with Gasteiger partial charge in [-0.2, -0.15) is 0 Å². The number of anilines is 1. The number of para-hydroxylation sites is 2. The minimum Gasteiger partial charge on any atom is -0.497 e. The van der Waals surface area contributed by atoms with Crippen LogP contribution in [0.5, 0.6) is 11.5 Å². The van der Waals surface area contributed by atoms with Gasteiger partial charge in [0.1, 0.15) is 11.5 Å². The Morgan fingerprint density at radius 2 is 1.72 bits per heavy atom. The first-order valence-corrected chi connectivity index (χ1v) is 10.7. The third-order valence-electron chi connectivity index (χ3n) is 6.28. The van der Waals surface area contributed by atoms with Crippen LogP contribution in [0.4, 0.5) is 5.69 Å². The molecule has 2 saturated heterocycles. The van der Waals surface area contributed by atoms with Crippen LogP contribution in [0.15, 0.2) is 48.5 Å². The van der Waals surface area contributed by atoms with E-state index in [1.807, 2.05) is 12.1 Å². The summed E-state index contributed by atoms with van der Waals surface area (Å²) in [6, 6.07) is 17.5. The van der Waals surface area contributed by atoms with E-state index in [2.05, 4.69) is 51.1 Å². The van der Waals surface area contributed by atoms with Gasteiger partial charge in [0.2, 0.25) is 0 Å². The summed E-state index contributed by atoms with van der Waals surface area (Å²) in [5.74, 6) is 1.92. The van der Waals surface area contributed by atoms with Gasteiger partial charge in [-0.1, -0.05) is 24.3 Å². The first kappa shape index (κ1) is 20.0. The molecule has 2 aromatic rings. The molecule has 0 saturated carbocycles. The zero-order valence-corrected chi connectivity index (χ0v) is 17.7. The van der Waals surface area contributed by atoms with E-state index in [1.165, 1.54) is 30.6 Å². The Morgan fingerprint density at radius 1 is 0.897 bits per heavy atom. The highest BCUT2D eigenvalue weighted by Crippen LogP contribution is 2.29. The summed E-state index contributed by atoms with van der Waals surface area (Å²) in [6.45, 7) is 7.72. The van der Waals surface area contributed by atoms with Gasteiger partial charge in [0.15, 0.2) is 0 Å². The lowest BCUT2D eigenvalue weighted by molar-refractivity contribution is 0.0887. The number of rotatable bonds is 6. The van der Waals surface area contributed by atoms with E-state index in [0.717, 1.165) is 50.8 Å². The predicted molar refractivity (Wildman–Crippen MR) is 118 cm³/mol. The predicted octanol–water partition coefficient (Wildman–Crippen LogP) is 3.49. The van der Waals surface area contributed by atoms with Crippen LogP contribution in [0.25, 0.3) is 0 Å². The summed E-state index contributed by atoms with van der Waals surface area (Å²) in [7, 11) is 3.49. The molecular formula is C24H33N3O2. The van der Waals surface area contributed by atoms with Crippen molar-refractivity contribution in [3.8, 4) is 11.5 Å². The van der Waals surface area contributed by atoms with E-state index in [4.69, 9.17) is 9.47 Å². The van der Waals surface area contributed by atoms with Crippen molar-refractivity contribution in [2.24, 2.45) is 0 Å². The van der Waals surface area contributed by atoms with Crippen molar-refractivity contribution in [3.05, 3.63) is 54.1 Å². The van der Waals surface area contributed by atoms with E-state index in [0.29, 0.717) is 6.04 Å². The molecule has 0 amide bonds. The molecule has 2 aromatic carbocycles. The Labute approximate surface area is 174 Å². The fourth-order valence-corrected chi connectivity index (χ4v) is 4.72. The van der Waals surface area contributed by atoms with Crippen molar-refractivity contribution in [3.63, 3.8) is 0 Å². The molecule has 5 heteroatoms. The number of likely N-dealkylation sites (tertiary alicyclic amines) is 1. The quantitative estimate of drug-likeness (QED) is 0.747. The molecule has 29 heavy (non-hydrogen) atoms. The van der Waals surface area contributed by atoms with Gasteiger partial charge in [0, 0.05) is 45.3 Å². The highest BCUT2D eigenvalue weighted by Gasteiger charge is 2.28. The number of hydrogen-bond acceptors (Lipinski definition) is 5. The Balaban J connectivity index is 1.32. The lowest BCUT2D eigenvalue weighted by Crippen LogP contribution is -2.55. The second kappa shape index (κ2) is 9.51. The summed E-state index contributed by atoms with van der Waals surface area (Å²) in [5.41, 5.74) is 2.56. The topological polar surface area (TPSA) is 28.2 Å². The number of nitrogens with zero attached hydrogens (tertiary/aromatic N) is 3. The molecule has 0 N–H and O–H groups in total. The Bertz CT molecular complexity index is 789. The molecule has 0 aromatic heterocycles. The van der Waals surface area contributed by atoms with Gasteiger partial charge in [0.05, 0.1) is 19.9 Å². The summed E-state index contributed by atoms with van der Waals surface area (Å²) >= 11 is 0. The van der Waals surface area contributed by atoms with Crippen molar-refractivity contribution >= 4 is 5.69 Å². The summed E-state index contributed by atoms with van der Waals surface area (Å²) in [4.78, 5) is 7.77. The van der Waals surface area contributed by atoms with Crippen LogP contribution in [0.2, 0.25) is 0 Å². The maximum absolute atomic E-state index is 5.56. The zero-order chi connectivity index (χ0) is 20.1. The van der Waals surface area contributed by atoms with Crippen molar-refractivity contribution in [1.29, 1.82) is 0 Å². The Hall–Kier alpha value is -2.24. The molecule has 2 fully saturated rings. The smallest absolute Gasteiger partial charge is 0.142 e. The van der Waals surface area contributed by atoms with Crippen LogP contribution >= 0.6 is 0 Å². The number of piperidine rings is 1. The first-order valence-electron chi connectivity index (χ1n) is 10.7. The van der Waals surface area contributed by atoms with Crippen molar-refractivity contribution < 1.29 is 9.47 Å². The average molecular weight is 396 g/mol. The van der Waals surface area contributed by atoms with E-state index >= 15 is 0 Å². The van der Waals surface area contributed by atoms with Crippen LogP contribution in [-0.2, 0) is 6.54 Å². The van der Waals surface area contributed by atoms with Gasteiger partial charge >= 0.3 is 0 Å². The molecule has 156 valence electrons. The molecule has 1 atom stereocenters. The molecule has 2 aliphatic heterocycles. The molecule has 5 nitrogen and oxygen atoms in total. The normalized spacial score (nSPS) is 21.2. The van der Waals surface area contributed by atoms with Gasteiger partial charge in [-0.25, -0.2) is 0 Å². The number of methoxy groups -OCH3 is 2. The largest absolute Gasteiger partial charge is 0.497 e. The molecule has 0 spiro atoms. The molecule has 2 heterocycles. The van der Waals surface area contributed by atoms with Gasteiger partial charge < -0.3 is 14.4 Å².